The van der Waals surface area contributed by atoms with Crippen LogP contribution in [-0.2, 0) is 22.6 Å². The Morgan fingerprint density at radius 3 is 2.83 bits per heavy atom. The van der Waals surface area contributed by atoms with Crippen LogP contribution in [0.4, 0.5) is 5.69 Å². The van der Waals surface area contributed by atoms with Gasteiger partial charge in [0.25, 0.3) is 5.69 Å². The molecule has 1 aromatic rings. The van der Waals surface area contributed by atoms with Gasteiger partial charge in [0.15, 0.2) is 6.79 Å². The molecule has 2 fully saturated rings. The van der Waals surface area contributed by atoms with E-state index >= 15 is 0 Å². The van der Waals surface area contributed by atoms with Gasteiger partial charge in [-0.25, -0.2) is 0 Å². The lowest BCUT2D eigenvalue weighted by Crippen LogP contribution is -2.32. The topological polar surface area (TPSA) is 74.1 Å². The summed E-state index contributed by atoms with van der Waals surface area (Å²) in [5, 5.41) is 11.2. The molecule has 1 atom stereocenters. The van der Waals surface area contributed by atoms with Gasteiger partial charge in [-0.15, -0.1) is 0 Å². The zero-order chi connectivity index (χ0) is 16.5. The summed E-state index contributed by atoms with van der Waals surface area (Å²) < 4.78 is 16.4. The monoisotopic (exact) mass is 334 g/mol. The number of rotatable bonds is 6. The van der Waals surface area contributed by atoms with Crippen LogP contribution < -0.4 is 4.74 Å². The third-order valence-electron chi connectivity index (χ3n) is 4.94. The van der Waals surface area contributed by atoms with Gasteiger partial charge in [0.2, 0.25) is 0 Å². The second-order valence-electron chi connectivity index (χ2n) is 6.85. The maximum atomic E-state index is 11.2. The van der Waals surface area contributed by atoms with Crippen LogP contribution in [0.1, 0.15) is 30.4 Å². The smallest absolute Gasteiger partial charge is 0.270 e. The third-order valence-corrected chi connectivity index (χ3v) is 4.94. The number of benzene rings is 1. The molecule has 1 aromatic carbocycles. The van der Waals surface area contributed by atoms with E-state index in [2.05, 4.69) is 4.90 Å². The molecule has 0 unspecified atom stereocenters. The van der Waals surface area contributed by atoms with E-state index in [1.807, 2.05) is 0 Å². The van der Waals surface area contributed by atoms with Crippen LogP contribution in [0.2, 0.25) is 0 Å². The number of hydrogen-bond acceptors (Lipinski definition) is 6. The van der Waals surface area contributed by atoms with Crippen molar-refractivity contribution in [3.05, 3.63) is 33.4 Å². The van der Waals surface area contributed by atoms with Gasteiger partial charge < -0.3 is 14.2 Å². The Balaban J connectivity index is 1.58. The van der Waals surface area contributed by atoms with Crippen molar-refractivity contribution in [3.8, 4) is 5.75 Å². The Morgan fingerprint density at radius 1 is 1.25 bits per heavy atom. The van der Waals surface area contributed by atoms with E-state index in [0.717, 1.165) is 43.1 Å². The van der Waals surface area contributed by atoms with Crippen molar-refractivity contribution in [2.45, 2.75) is 38.5 Å². The Labute approximate surface area is 140 Å². The van der Waals surface area contributed by atoms with Crippen LogP contribution >= 0.6 is 0 Å². The predicted octanol–water partition coefficient (Wildman–Crippen LogP) is 2.46. The van der Waals surface area contributed by atoms with Crippen molar-refractivity contribution in [2.24, 2.45) is 5.92 Å². The molecule has 0 aromatic heterocycles. The van der Waals surface area contributed by atoms with Crippen LogP contribution in [0, 0.1) is 16.0 Å². The number of fused-ring (bicyclic) bond motifs is 1. The number of nitro benzene ring substituents is 1. The average Bonchev–Trinajstić information content (AvgIpc) is 3.31. The highest BCUT2D eigenvalue weighted by molar-refractivity contribution is 5.50. The first-order valence-corrected chi connectivity index (χ1v) is 8.53. The molecule has 2 heterocycles. The fraction of sp³-hybridized carbons (Fsp3) is 0.647. The molecular weight excluding hydrogens is 312 g/mol. The summed E-state index contributed by atoms with van der Waals surface area (Å²) >= 11 is 0. The predicted molar refractivity (Wildman–Crippen MR) is 85.7 cm³/mol. The molecule has 0 bridgehead atoms. The molecule has 2 aliphatic heterocycles. The molecule has 0 radical (unpaired) electrons. The molecule has 130 valence electrons. The van der Waals surface area contributed by atoms with E-state index in [9.17, 15) is 10.1 Å². The minimum atomic E-state index is -0.343. The van der Waals surface area contributed by atoms with Gasteiger partial charge in [-0.2, -0.15) is 0 Å². The highest BCUT2D eigenvalue weighted by atomic mass is 16.7. The minimum absolute atomic E-state index is 0.109. The maximum Gasteiger partial charge on any atom is 0.270 e. The summed E-state index contributed by atoms with van der Waals surface area (Å²) in [6, 6.07) is 3.80. The molecule has 1 saturated heterocycles. The standard InChI is InChI=1S/C17H22N2O5/c20-19(21)16-5-13(17-14(6-16)10-23-11-24-17)8-18(15-1-2-15)7-12-3-4-22-9-12/h5-6,12,15H,1-4,7-11H2/t12-/m1/s1. The molecule has 7 nitrogen and oxygen atoms in total. The lowest BCUT2D eigenvalue weighted by atomic mass is 10.0. The summed E-state index contributed by atoms with van der Waals surface area (Å²) in [6.45, 7) is 3.90. The van der Waals surface area contributed by atoms with Crippen molar-refractivity contribution >= 4 is 5.69 Å². The van der Waals surface area contributed by atoms with Crippen LogP contribution in [0.15, 0.2) is 12.1 Å². The lowest BCUT2D eigenvalue weighted by Gasteiger charge is -2.27. The molecule has 3 aliphatic rings. The largest absolute Gasteiger partial charge is 0.467 e. The Hall–Kier alpha value is -1.70. The van der Waals surface area contributed by atoms with E-state index < -0.39 is 0 Å². The van der Waals surface area contributed by atoms with Gasteiger partial charge in [0, 0.05) is 49.0 Å². The second-order valence-corrected chi connectivity index (χ2v) is 6.85. The minimum Gasteiger partial charge on any atom is -0.467 e. The van der Waals surface area contributed by atoms with Gasteiger partial charge in [0.05, 0.1) is 18.1 Å². The Kier molecular flexibility index (Phi) is 4.39. The summed E-state index contributed by atoms with van der Waals surface area (Å²) in [4.78, 5) is 13.3. The van der Waals surface area contributed by atoms with Crippen LogP contribution in [-0.4, -0.2) is 42.4 Å². The third kappa shape index (κ3) is 3.38. The summed E-state index contributed by atoms with van der Waals surface area (Å²) in [7, 11) is 0. The van der Waals surface area contributed by atoms with Gasteiger partial charge in [0.1, 0.15) is 5.75 Å². The summed E-state index contributed by atoms with van der Waals surface area (Å²) in [5.41, 5.74) is 1.77. The number of nitrogens with zero attached hydrogens (tertiary/aromatic N) is 2. The molecule has 1 saturated carbocycles. The van der Waals surface area contributed by atoms with Gasteiger partial charge >= 0.3 is 0 Å². The van der Waals surface area contributed by atoms with Crippen LogP contribution in [0.5, 0.6) is 5.75 Å². The Morgan fingerprint density at radius 2 is 2.12 bits per heavy atom. The second kappa shape index (κ2) is 6.66. The summed E-state index contributed by atoms with van der Waals surface area (Å²) in [6.07, 6.45) is 3.50. The fourth-order valence-corrected chi connectivity index (χ4v) is 3.56. The van der Waals surface area contributed by atoms with Crippen molar-refractivity contribution in [1.29, 1.82) is 0 Å². The van der Waals surface area contributed by atoms with E-state index in [-0.39, 0.29) is 17.4 Å². The van der Waals surface area contributed by atoms with Crippen LogP contribution in [0.3, 0.4) is 0 Å². The zero-order valence-corrected chi connectivity index (χ0v) is 13.6. The van der Waals surface area contributed by atoms with Crippen molar-refractivity contribution in [3.63, 3.8) is 0 Å². The highest BCUT2D eigenvalue weighted by Crippen LogP contribution is 2.36. The van der Waals surface area contributed by atoms with Crippen molar-refractivity contribution < 1.29 is 19.1 Å². The maximum absolute atomic E-state index is 11.2. The molecule has 4 rings (SSSR count). The van der Waals surface area contributed by atoms with Gasteiger partial charge in [-0.05, 0) is 25.2 Å². The van der Waals surface area contributed by atoms with E-state index in [4.69, 9.17) is 14.2 Å². The number of ether oxygens (including phenoxy) is 3. The Bertz CT molecular complexity index is 626. The first-order valence-electron chi connectivity index (χ1n) is 8.53. The van der Waals surface area contributed by atoms with Crippen LogP contribution in [0.25, 0.3) is 0 Å². The lowest BCUT2D eigenvalue weighted by molar-refractivity contribution is -0.385. The quantitative estimate of drug-likeness (QED) is 0.588. The molecule has 0 N–H and O–H groups in total. The molecule has 1 aliphatic carbocycles. The van der Waals surface area contributed by atoms with Gasteiger partial charge in [-0.1, -0.05) is 0 Å². The SMILES string of the molecule is O=[N+]([O-])c1cc2c(c(CN(C[C@H]3CCOC3)C3CC3)c1)OCOC2. The van der Waals surface area contributed by atoms with E-state index in [1.54, 1.807) is 12.1 Å². The molecule has 7 heteroatoms. The molecule has 24 heavy (non-hydrogen) atoms. The normalized spacial score (nSPS) is 23.1. The average molecular weight is 334 g/mol. The van der Waals surface area contributed by atoms with Gasteiger partial charge in [-0.3, -0.25) is 15.0 Å². The van der Waals surface area contributed by atoms with E-state index in [0.29, 0.717) is 25.1 Å². The molecular formula is C17H22N2O5. The van der Waals surface area contributed by atoms with Crippen molar-refractivity contribution in [1.82, 2.24) is 4.90 Å². The number of nitro groups is 1. The number of non-ortho nitro benzene ring substituents is 1. The highest BCUT2D eigenvalue weighted by Gasteiger charge is 2.33. The zero-order valence-electron chi connectivity index (χ0n) is 13.6. The first kappa shape index (κ1) is 15.8. The molecule has 0 spiro atoms. The summed E-state index contributed by atoms with van der Waals surface area (Å²) in [5.74, 6) is 1.32. The van der Waals surface area contributed by atoms with Crippen molar-refractivity contribution in [2.75, 3.05) is 26.6 Å². The van der Waals surface area contributed by atoms with E-state index in [1.165, 1.54) is 12.8 Å². The first-order chi connectivity index (χ1) is 11.7. The fourth-order valence-electron chi connectivity index (χ4n) is 3.56. The number of hydrogen-bond donors (Lipinski definition) is 0. The molecule has 0 amide bonds.